The molecule has 0 radical (unpaired) electrons. The highest BCUT2D eigenvalue weighted by Gasteiger charge is 2.52. The summed E-state index contributed by atoms with van der Waals surface area (Å²) in [5, 5.41) is 2.40. The second kappa shape index (κ2) is 7.76. The zero-order valence-corrected chi connectivity index (χ0v) is 18.4. The highest BCUT2D eigenvalue weighted by atomic mass is 32.2. The van der Waals surface area contributed by atoms with Crippen molar-refractivity contribution in [2.75, 3.05) is 13.2 Å². The van der Waals surface area contributed by atoms with E-state index in [0.29, 0.717) is 0 Å². The highest BCUT2D eigenvalue weighted by molar-refractivity contribution is 7.93. The Kier molecular flexibility index (Phi) is 5.03. The molecule has 0 saturated carbocycles. The average Bonchev–Trinajstić information content (AvgIpc) is 3.38. The Morgan fingerprint density at radius 3 is 2.62 bits per heavy atom. The summed E-state index contributed by atoms with van der Waals surface area (Å²) >= 11 is 1.37. The van der Waals surface area contributed by atoms with Crippen molar-refractivity contribution in [2.24, 2.45) is 5.29 Å². The second-order valence-corrected chi connectivity index (χ2v) is 10.8. The molecule has 0 atom stereocenters. The molecule has 32 heavy (non-hydrogen) atoms. The monoisotopic (exact) mass is 470 g/mol. The summed E-state index contributed by atoms with van der Waals surface area (Å²) in [7, 11) is -4.12. The van der Waals surface area contributed by atoms with Crippen molar-refractivity contribution >= 4 is 42.3 Å². The molecule has 4 aromatic rings. The maximum atomic E-state index is 13.6. The van der Waals surface area contributed by atoms with Crippen LogP contribution in [-0.4, -0.2) is 41.7 Å². The van der Waals surface area contributed by atoms with Gasteiger partial charge >= 0.3 is 0 Å². The van der Waals surface area contributed by atoms with Gasteiger partial charge in [0.05, 0.1) is 26.1 Å². The van der Waals surface area contributed by atoms with E-state index in [1.165, 1.54) is 17.4 Å². The Morgan fingerprint density at radius 1 is 1.16 bits per heavy atom. The first kappa shape index (κ1) is 20.7. The van der Waals surface area contributed by atoms with E-state index in [4.69, 9.17) is 4.74 Å². The summed E-state index contributed by atoms with van der Waals surface area (Å²) < 4.78 is 33.3. The number of carbonyl (C=O) groups is 1. The molecule has 9 nitrogen and oxygen atoms in total. The zero-order valence-electron chi connectivity index (χ0n) is 16.7. The highest BCUT2D eigenvalue weighted by Crippen LogP contribution is 2.38. The summed E-state index contributed by atoms with van der Waals surface area (Å²) in [5.41, 5.74) is 4.43. The van der Waals surface area contributed by atoms with Crippen LogP contribution in [0.1, 0.15) is 12.8 Å². The van der Waals surface area contributed by atoms with Crippen molar-refractivity contribution in [2.45, 2.75) is 22.5 Å². The van der Waals surface area contributed by atoms with Gasteiger partial charge in [-0.05, 0) is 31.0 Å². The Bertz CT molecular complexity index is 1440. The van der Waals surface area contributed by atoms with E-state index in [-0.39, 0.29) is 31.0 Å². The number of benzene rings is 2. The van der Waals surface area contributed by atoms with Crippen LogP contribution in [0.3, 0.4) is 0 Å². The molecular formula is C21H18N4O5S2. The number of fused-ring (bicyclic) bond motifs is 3. The Morgan fingerprint density at radius 2 is 1.91 bits per heavy atom. The summed E-state index contributed by atoms with van der Waals surface area (Å²) in [5.74, 6) is -0.926. The van der Waals surface area contributed by atoms with Gasteiger partial charge in [0, 0.05) is 25.0 Å². The molecule has 3 heterocycles. The molecule has 0 unspecified atom stereocenters. The minimum atomic E-state index is -4.12. The van der Waals surface area contributed by atoms with Crippen LogP contribution in [0, 0.1) is 4.91 Å². The molecular weight excluding hydrogens is 452 g/mol. The van der Waals surface area contributed by atoms with Gasteiger partial charge in [0.1, 0.15) is 0 Å². The molecule has 1 fully saturated rings. The lowest BCUT2D eigenvalue weighted by Crippen LogP contribution is -2.54. The van der Waals surface area contributed by atoms with Gasteiger partial charge in [-0.3, -0.25) is 9.20 Å². The summed E-state index contributed by atoms with van der Waals surface area (Å²) in [4.78, 5) is 28.7. The van der Waals surface area contributed by atoms with Crippen LogP contribution in [-0.2, 0) is 19.4 Å². The van der Waals surface area contributed by atoms with Crippen molar-refractivity contribution in [3.8, 4) is 11.3 Å². The summed E-state index contributed by atoms with van der Waals surface area (Å²) in [6.45, 7) is 0.200. The molecule has 164 valence electrons. The lowest BCUT2D eigenvalue weighted by Gasteiger charge is -2.34. The fourth-order valence-electron chi connectivity index (χ4n) is 4.08. The minimum Gasteiger partial charge on any atom is -0.381 e. The second-order valence-electron chi connectivity index (χ2n) is 7.52. The van der Waals surface area contributed by atoms with E-state index in [2.05, 4.69) is 10.3 Å². The number of amides is 1. The van der Waals surface area contributed by atoms with E-state index in [1.54, 1.807) is 17.6 Å². The van der Waals surface area contributed by atoms with Crippen molar-refractivity contribution in [1.29, 1.82) is 0 Å². The molecule has 1 saturated heterocycles. The average molecular weight is 471 g/mol. The zero-order chi connectivity index (χ0) is 22.3. The van der Waals surface area contributed by atoms with Crippen molar-refractivity contribution in [3.05, 3.63) is 59.6 Å². The summed E-state index contributed by atoms with van der Waals surface area (Å²) in [6.07, 6.45) is 1.81. The van der Waals surface area contributed by atoms with Crippen LogP contribution in [0.15, 0.2) is 64.9 Å². The van der Waals surface area contributed by atoms with Crippen LogP contribution in [0.2, 0.25) is 0 Å². The molecule has 1 amide bonds. The lowest BCUT2D eigenvalue weighted by molar-refractivity contribution is -0.126. The molecule has 1 aliphatic heterocycles. The molecule has 0 spiro atoms. The van der Waals surface area contributed by atoms with Gasteiger partial charge in [-0.1, -0.05) is 41.7 Å². The largest absolute Gasteiger partial charge is 0.381 e. The van der Waals surface area contributed by atoms with Crippen LogP contribution in [0.5, 0.6) is 0 Å². The Hall–Kier alpha value is -3.15. The number of ether oxygens (including phenoxy) is 1. The number of nitrogens with zero attached hydrogens (tertiary/aromatic N) is 3. The number of nitroso groups, excluding NO2 is 1. The van der Waals surface area contributed by atoms with E-state index in [1.807, 2.05) is 40.9 Å². The molecule has 0 bridgehead atoms. The van der Waals surface area contributed by atoms with Gasteiger partial charge in [0.15, 0.2) is 19.5 Å². The Labute approximate surface area is 186 Å². The van der Waals surface area contributed by atoms with Gasteiger partial charge < -0.3 is 4.74 Å². The van der Waals surface area contributed by atoms with Crippen LogP contribution < -0.4 is 5.43 Å². The predicted octanol–water partition coefficient (Wildman–Crippen LogP) is 3.34. The predicted molar refractivity (Wildman–Crippen MR) is 120 cm³/mol. The van der Waals surface area contributed by atoms with Crippen LogP contribution >= 0.6 is 11.3 Å². The number of imidazole rings is 1. The topological polar surface area (TPSA) is 119 Å². The van der Waals surface area contributed by atoms with Crippen molar-refractivity contribution in [1.82, 2.24) is 14.8 Å². The van der Waals surface area contributed by atoms with E-state index in [0.717, 1.165) is 26.4 Å². The number of hydrogen-bond acceptors (Lipinski definition) is 8. The van der Waals surface area contributed by atoms with Gasteiger partial charge in [0.25, 0.3) is 5.91 Å². The number of nitrogens with one attached hydrogen (secondary N) is 1. The molecule has 2 aromatic heterocycles. The van der Waals surface area contributed by atoms with Crippen molar-refractivity contribution < 1.29 is 17.9 Å². The Balaban J connectivity index is 1.59. The van der Waals surface area contributed by atoms with Crippen LogP contribution in [0.25, 0.3) is 26.4 Å². The van der Waals surface area contributed by atoms with E-state index in [9.17, 15) is 18.1 Å². The number of rotatable bonds is 5. The van der Waals surface area contributed by atoms with Crippen molar-refractivity contribution in [3.63, 3.8) is 0 Å². The summed E-state index contributed by atoms with van der Waals surface area (Å²) in [6, 6.07) is 14.6. The molecule has 11 heteroatoms. The van der Waals surface area contributed by atoms with E-state index >= 15 is 0 Å². The van der Waals surface area contributed by atoms with Gasteiger partial charge in [-0.15, -0.1) is 4.91 Å². The number of thiazole rings is 1. The third-order valence-electron chi connectivity index (χ3n) is 5.82. The quantitative estimate of drug-likeness (QED) is 0.353. The van der Waals surface area contributed by atoms with Gasteiger partial charge in [-0.25, -0.2) is 18.8 Å². The fraction of sp³-hybridized carbons (Fsp3) is 0.238. The SMILES string of the molecule is O=NNC(=O)C1(S(=O)(=O)c2ccc3c(c2)sc2nc(-c4ccccc4)cn23)CCOCC1. The molecule has 1 aliphatic rings. The van der Waals surface area contributed by atoms with Crippen LogP contribution in [0.4, 0.5) is 0 Å². The smallest absolute Gasteiger partial charge is 0.264 e. The van der Waals surface area contributed by atoms with Gasteiger partial charge in [0.2, 0.25) is 0 Å². The first-order valence-electron chi connectivity index (χ1n) is 9.88. The first-order valence-corrected chi connectivity index (χ1v) is 12.2. The standard InChI is InChI=1S/C21H18N4O5S2/c26-19(23-24-27)21(8-10-30-11-9-21)32(28,29)15-6-7-17-18(12-15)31-20-22-16(13-25(17)20)14-4-2-1-3-5-14/h1-7,12-13H,8-11H2,(H,23,26,27). The first-order chi connectivity index (χ1) is 15.5. The maximum absolute atomic E-state index is 13.6. The number of sulfone groups is 1. The molecule has 2 aromatic carbocycles. The van der Waals surface area contributed by atoms with Gasteiger partial charge in [-0.2, -0.15) is 0 Å². The maximum Gasteiger partial charge on any atom is 0.264 e. The third-order valence-corrected chi connectivity index (χ3v) is 9.34. The number of carbonyl (C=O) groups excluding carboxylic acids is 1. The third kappa shape index (κ3) is 3.12. The number of aromatic nitrogens is 2. The molecule has 5 rings (SSSR count). The molecule has 1 N–H and O–H groups in total. The lowest BCUT2D eigenvalue weighted by atomic mass is 9.98. The normalized spacial score (nSPS) is 16.2. The number of hydrogen-bond donors (Lipinski definition) is 1. The minimum absolute atomic E-state index is 0.0146. The van der Waals surface area contributed by atoms with E-state index < -0.39 is 20.5 Å². The molecule has 0 aliphatic carbocycles. The fourth-order valence-corrected chi connectivity index (χ4v) is 7.17.